The third-order valence-electron chi connectivity index (χ3n) is 8.34. The number of morpholine rings is 1. The number of carbonyl (C=O) groups is 1. The normalized spacial score (nSPS) is 19.5. The summed E-state index contributed by atoms with van der Waals surface area (Å²) in [5.41, 5.74) is 9.15. The number of sulfone groups is 1. The Hall–Kier alpha value is -4.46. The molecule has 2 heterocycles. The molecule has 0 aliphatic carbocycles. The number of carbonyl (C=O) groups excluding carboxylic acids is 1. The fourth-order valence-electron chi connectivity index (χ4n) is 5.73. The highest BCUT2D eigenvalue weighted by molar-refractivity contribution is 7.91. The average Bonchev–Trinajstić information content (AvgIpc) is 3.52. The molecule has 0 radical (unpaired) electrons. The van der Waals surface area contributed by atoms with Crippen LogP contribution in [0.2, 0.25) is 0 Å². The molecule has 0 spiro atoms. The van der Waals surface area contributed by atoms with Gasteiger partial charge < -0.3 is 24.6 Å². The number of aliphatic imine (C=N–C) groups is 1. The van der Waals surface area contributed by atoms with Crippen LogP contribution in [0.15, 0.2) is 93.9 Å². The van der Waals surface area contributed by atoms with Gasteiger partial charge in [-0.3, -0.25) is 9.69 Å². The van der Waals surface area contributed by atoms with Crippen molar-refractivity contribution >= 4 is 21.6 Å². The lowest BCUT2D eigenvalue weighted by Gasteiger charge is -2.32. The minimum absolute atomic E-state index is 0.00120. The predicted molar refractivity (Wildman–Crippen MR) is 179 cm³/mol. The Morgan fingerprint density at radius 2 is 1.81 bits per heavy atom. The molecular formula is C34H40N6O7S. The molecule has 13 nitrogen and oxygen atoms in total. The van der Waals surface area contributed by atoms with Gasteiger partial charge >= 0.3 is 0 Å². The number of azide groups is 1. The van der Waals surface area contributed by atoms with Crippen LogP contribution >= 0.6 is 0 Å². The molecule has 0 saturated carbocycles. The molecule has 0 aromatic heterocycles. The first-order valence-electron chi connectivity index (χ1n) is 15.9. The standard InChI is InChI=1S/C34H40N6O7S/c35-39-37-25-27-7-4-5-10-30(27)31-34(15-24-48(43,44)29-8-2-1-3-9-29,33(42)36-16-17-40-18-22-45-23-19-40)38-32(47-31)26-11-13-28(14-12-26)46-21-6-20-41/h1-5,7-14,31,41H,6,15-25H2,(H,36,42)/t31-,34-/m1/s1. The molecular weight excluding hydrogens is 636 g/mol. The maximum absolute atomic E-state index is 14.5. The van der Waals surface area contributed by atoms with Crippen molar-refractivity contribution in [3.63, 3.8) is 0 Å². The molecule has 0 unspecified atom stereocenters. The third kappa shape index (κ3) is 8.52. The van der Waals surface area contributed by atoms with Crippen LogP contribution in [0.4, 0.5) is 0 Å². The second kappa shape index (κ2) is 16.6. The summed E-state index contributed by atoms with van der Waals surface area (Å²) in [6.45, 7) is 3.98. The molecule has 1 fully saturated rings. The van der Waals surface area contributed by atoms with E-state index in [4.69, 9.17) is 29.8 Å². The van der Waals surface area contributed by atoms with Crippen LogP contribution in [0, 0.1) is 0 Å². The maximum Gasteiger partial charge on any atom is 0.252 e. The number of aliphatic hydroxyl groups is 1. The zero-order chi connectivity index (χ0) is 33.8. The van der Waals surface area contributed by atoms with Crippen LogP contribution in [-0.4, -0.2) is 94.1 Å². The summed E-state index contributed by atoms with van der Waals surface area (Å²) in [6.07, 6.45) is -0.726. The molecule has 2 N–H and O–H groups in total. The first-order valence-corrected chi connectivity index (χ1v) is 17.6. The quantitative estimate of drug-likeness (QED) is 0.0996. The molecule has 254 valence electrons. The van der Waals surface area contributed by atoms with Gasteiger partial charge in [-0.25, -0.2) is 13.4 Å². The van der Waals surface area contributed by atoms with Crippen LogP contribution in [0.25, 0.3) is 10.4 Å². The Bertz CT molecular complexity index is 1710. The molecule has 2 aliphatic heterocycles. The van der Waals surface area contributed by atoms with E-state index in [0.717, 1.165) is 13.1 Å². The first-order chi connectivity index (χ1) is 23.4. The van der Waals surface area contributed by atoms with Crippen LogP contribution < -0.4 is 10.1 Å². The number of rotatable bonds is 16. The van der Waals surface area contributed by atoms with E-state index >= 15 is 0 Å². The van der Waals surface area contributed by atoms with Crippen molar-refractivity contribution in [3.8, 4) is 5.75 Å². The molecule has 5 rings (SSSR count). The summed E-state index contributed by atoms with van der Waals surface area (Å²) >= 11 is 0. The van der Waals surface area contributed by atoms with Crippen LogP contribution in [-0.2, 0) is 30.7 Å². The average molecular weight is 677 g/mol. The lowest BCUT2D eigenvalue weighted by atomic mass is 9.83. The van der Waals surface area contributed by atoms with Crippen molar-refractivity contribution in [2.75, 3.05) is 58.4 Å². The second-order valence-electron chi connectivity index (χ2n) is 11.5. The largest absolute Gasteiger partial charge is 0.494 e. The SMILES string of the molecule is [N-]=[N+]=NCc1ccccc1[C@H]1OC(c2ccc(OCCCO)cc2)=N[C@@]1(CCS(=O)(=O)c1ccccc1)C(=O)NCCN1CCOCC1. The molecule has 3 aromatic carbocycles. The number of nitrogens with zero attached hydrogens (tertiary/aromatic N) is 5. The Kier molecular flexibility index (Phi) is 12.0. The summed E-state index contributed by atoms with van der Waals surface area (Å²) in [6, 6.07) is 22.2. The van der Waals surface area contributed by atoms with Crippen LogP contribution in [0.5, 0.6) is 5.75 Å². The fraction of sp³-hybridized carbons (Fsp3) is 0.412. The van der Waals surface area contributed by atoms with E-state index in [9.17, 15) is 13.2 Å². The molecule has 2 atom stereocenters. The number of hydrogen-bond acceptors (Lipinski definition) is 10. The first kappa shape index (κ1) is 34.9. The molecule has 1 amide bonds. The van der Waals surface area contributed by atoms with E-state index in [-0.39, 0.29) is 36.1 Å². The van der Waals surface area contributed by atoms with E-state index in [1.54, 1.807) is 66.7 Å². The second-order valence-corrected chi connectivity index (χ2v) is 13.6. The number of nitrogens with one attached hydrogen (secondary N) is 1. The van der Waals surface area contributed by atoms with Crippen molar-refractivity contribution in [3.05, 3.63) is 106 Å². The lowest BCUT2D eigenvalue weighted by molar-refractivity contribution is -0.129. The Balaban J connectivity index is 1.54. The van der Waals surface area contributed by atoms with Crippen molar-refractivity contribution in [2.24, 2.45) is 10.1 Å². The molecule has 48 heavy (non-hydrogen) atoms. The van der Waals surface area contributed by atoms with Gasteiger partial charge in [-0.05, 0) is 53.1 Å². The minimum Gasteiger partial charge on any atom is -0.494 e. The highest BCUT2D eigenvalue weighted by atomic mass is 32.2. The van der Waals surface area contributed by atoms with Crippen molar-refractivity contribution in [1.82, 2.24) is 10.2 Å². The molecule has 1 saturated heterocycles. The van der Waals surface area contributed by atoms with Gasteiger partial charge in [-0.2, -0.15) is 0 Å². The highest BCUT2D eigenvalue weighted by Crippen LogP contribution is 2.44. The van der Waals surface area contributed by atoms with E-state index < -0.39 is 27.4 Å². The van der Waals surface area contributed by atoms with Crippen LogP contribution in [0.1, 0.15) is 35.6 Å². The molecule has 14 heteroatoms. The van der Waals surface area contributed by atoms with Crippen LogP contribution in [0.3, 0.4) is 0 Å². The van der Waals surface area contributed by atoms with Gasteiger partial charge in [0.1, 0.15) is 5.75 Å². The third-order valence-corrected chi connectivity index (χ3v) is 10.1. The number of aliphatic hydroxyl groups excluding tert-OH is 1. The van der Waals surface area contributed by atoms with E-state index in [1.807, 2.05) is 0 Å². The zero-order valence-corrected chi connectivity index (χ0v) is 27.4. The van der Waals surface area contributed by atoms with Gasteiger partial charge in [0.2, 0.25) is 5.90 Å². The van der Waals surface area contributed by atoms with E-state index in [1.165, 1.54) is 12.1 Å². The summed E-state index contributed by atoms with van der Waals surface area (Å²) in [5, 5.41) is 15.9. The monoisotopic (exact) mass is 676 g/mol. The topological polar surface area (TPSA) is 176 Å². The minimum atomic E-state index is -3.81. The molecule has 0 bridgehead atoms. The fourth-order valence-corrected chi connectivity index (χ4v) is 7.12. The lowest BCUT2D eigenvalue weighted by Crippen LogP contribution is -2.51. The summed E-state index contributed by atoms with van der Waals surface area (Å²) in [5.74, 6) is -0.0913. The van der Waals surface area contributed by atoms with E-state index in [2.05, 4.69) is 20.2 Å². The van der Waals surface area contributed by atoms with Crippen molar-refractivity contribution in [1.29, 1.82) is 0 Å². The van der Waals surface area contributed by atoms with Gasteiger partial charge in [0.15, 0.2) is 21.5 Å². The Morgan fingerprint density at radius 1 is 1.08 bits per heavy atom. The number of amides is 1. The van der Waals surface area contributed by atoms with Crippen molar-refractivity contribution < 1.29 is 32.5 Å². The maximum atomic E-state index is 14.5. The zero-order valence-electron chi connectivity index (χ0n) is 26.6. The van der Waals surface area contributed by atoms with Crippen molar-refractivity contribution in [2.45, 2.75) is 35.9 Å². The number of benzene rings is 3. The van der Waals surface area contributed by atoms with Gasteiger partial charge in [0.25, 0.3) is 5.91 Å². The van der Waals surface area contributed by atoms with E-state index in [0.29, 0.717) is 61.8 Å². The number of ether oxygens (including phenoxy) is 3. The van der Waals surface area contributed by atoms with Gasteiger partial charge in [0.05, 0.1) is 37.0 Å². The molecule has 3 aromatic rings. The highest BCUT2D eigenvalue weighted by Gasteiger charge is 2.54. The predicted octanol–water partition coefficient (Wildman–Crippen LogP) is 3.83. The number of hydrogen-bond donors (Lipinski definition) is 2. The summed E-state index contributed by atoms with van der Waals surface area (Å²) in [4.78, 5) is 24.7. The van der Waals surface area contributed by atoms with Gasteiger partial charge in [-0.15, -0.1) is 0 Å². The Labute approximate surface area is 280 Å². The Morgan fingerprint density at radius 3 is 2.54 bits per heavy atom. The smallest absolute Gasteiger partial charge is 0.252 e. The van der Waals surface area contributed by atoms with Gasteiger partial charge in [-0.1, -0.05) is 47.6 Å². The summed E-state index contributed by atoms with van der Waals surface area (Å²) < 4.78 is 44.9. The van der Waals surface area contributed by atoms with Gasteiger partial charge in [0, 0.05) is 56.1 Å². The summed E-state index contributed by atoms with van der Waals surface area (Å²) in [7, 11) is -3.81. The molecule has 2 aliphatic rings.